The number of benzene rings is 1. The molecular formula is C26H35F3N6. The first-order valence-corrected chi connectivity index (χ1v) is 12.2. The molecule has 0 aliphatic carbocycles. The Hall–Kier alpha value is -2.94. The van der Waals surface area contributed by atoms with Crippen molar-refractivity contribution in [2.45, 2.75) is 64.5 Å². The Bertz CT molecular complexity index is 1220. The van der Waals surface area contributed by atoms with Crippen LogP contribution in [0.4, 0.5) is 13.2 Å². The number of pyridine rings is 1. The first kappa shape index (κ1) is 25.2. The lowest BCUT2D eigenvalue weighted by atomic mass is 9.87. The highest BCUT2D eigenvalue weighted by Gasteiger charge is 2.28. The van der Waals surface area contributed by atoms with E-state index in [4.69, 9.17) is 11.7 Å². The minimum atomic E-state index is -4.07. The van der Waals surface area contributed by atoms with Gasteiger partial charge in [0.05, 0.1) is 5.69 Å². The normalized spacial score (nSPS) is 16.6. The molecule has 5 N–H and O–H groups in total. The largest absolute Gasteiger partial charge is 0.389 e. The number of nitrogens with one attached hydrogen (secondary N) is 1. The topological polar surface area (TPSA) is 88.4 Å². The number of hydrogen-bond donors (Lipinski definition) is 3. The third kappa shape index (κ3) is 5.50. The predicted molar refractivity (Wildman–Crippen MR) is 134 cm³/mol. The molecule has 0 atom stereocenters. The Morgan fingerprint density at radius 2 is 1.89 bits per heavy atom. The van der Waals surface area contributed by atoms with Crippen molar-refractivity contribution < 1.29 is 13.2 Å². The molecule has 0 bridgehead atoms. The zero-order valence-corrected chi connectivity index (χ0v) is 20.6. The molecule has 9 heteroatoms. The fraction of sp³-hybridized carbons (Fsp3) is 0.500. The number of nitrogens with zero attached hydrogens (tertiary/aromatic N) is 3. The molecule has 1 aliphatic rings. The number of piperidine rings is 1. The molecule has 0 radical (unpaired) electrons. The molecule has 1 fully saturated rings. The average Bonchev–Trinajstić information content (AvgIpc) is 3.17. The quantitative estimate of drug-likeness (QED) is 0.334. The lowest BCUT2D eigenvalue weighted by Gasteiger charge is -2.32. The van der Waals surface area contributed by atoms with E-state index in [0.29, 0.717) is 18.0 Å². The van der Waals surface area contributed by atoms with Crippen LogP contribution in [0.1, 0.15) is 68.1 Å². The summed E-state index contributed by atoms with van der Waals surface area (Å²) in [4.78, 5) is 5.76. The van der Waals surface area contributed by atoms with Gasteiger partial charge >= 0.3 is 6.18 Å². The van der Waals surface area contributed by atoms with Gasteiger partial charge in [-0.2, -0.15) is 18.3 Å². The average molecular weight is 489 g/mol. The van der Waals surface area contributed by atoms with Crippen LogP contribution in [0.5, 0.6) is 0 Å². The van der Waals surface area contributed by atoms with Crippen molar-refractivity contribution in [2.75, 3.05) is 25.5 Å². The number of hydrogen-bond acceptors (Lipinski definition) is 4. The van der Waals surface area contributed by atoms with Gasteiger partial charge in [0.25, 0.3) is 0 Å². The summed E-state index contributed by atoms with van der Waals surface area (Å²) >= 11 is 0. The first-order chi connectivity index (χ1) is 16.6. The predicted octanol–water partition coefficient (Wildman–Crippen LogP) is 5.08. The van der Waals surface area contributed by atoms with E-state index in [1.165, 1.54) is 21.2 Å². The Labute approximate surface area is 203 Å². The highest BCUT2D eigenvalue weighted by molar-refractivity contribution is 5.92. The van der Waals surface area contributed by atoms with Crippen molar-refractivity contribution in [2.24, 2.45) is 10.9 Å². The van der Waals surface area contributed by atoms with E-state index in [0.717, 1.165) is 48.3 Å². The molecule has 1 saturated heterocycles. The highest BCUT2D eigenvalue weighted by Crippen LogP contribution is 2.38. The van der Waals surface area contributed by atoms with Gasteiger partial charge in [-0.1, -0.05) is 19.9 Å². The minimum absolute atomic E-state index is 0.173. The fourth-order valence-electron chi connectivity index (χ4n) is 5.36. The van der Waals surface area contributed by atoms with Crippen molar-refractivity contribution in [3.05, 3.63) is 52.6 Å². The van der Waals surface area contributed by atoms with E-state index in [2.05, 4.69) is 47.0 Å². The van der Waals surface area contributed by atoms with Crippen LogP contribution in [-0.2, 0) is 0 Å². The van der Waals surface area contributed by atoms with Gasteiger partial charge in [-0.05, 0) is 92.5 Å². The monoisotopic (exact) mass is 488 g/mol. The van der Waals surface area contributed by atoms with E-state index in [9.17, 15) is 13.2 Å². The number of aromatic nitrogens is 2. The molecule has 3 heterocycles. The fourth-order valence-corrected chi connectivity index (χ4v) is 5.36. The number of rotatable bonds is 6. The number of halogens is 3. The number of nitrogens with two attached hydrogens (primary N) is 2. The molecule has 190 valence electrons. The van der Waals surface area contributed by atoms with Crippen molar-refractivity contribution in [1.82, 2.24) is 14.6 Å². The lowest BCUT2D eigenvalue weighted by Crippen LogP contribution is -2.34. The minimum Gasteiger partial charge on any atom is -0.354 e. The third-order valence-corrected chi connectivity index (χ3v) is 7.09. The van der Waals surface area contributed by atoms with Crippen LogP contribution in [0.3, 0.4) is 0 Å². The second-order valence-electron chi connectivity index (χ2n) is 9.98. The van der Waals surface area contributed by atoms with Crippen molar-refractivity contribution in [3.8, 4) is 11.3 Å². The molecule has 35 heavy (non-hydrogen) atoms. The molecule has 0 saturated carbocycles. The van der Waals surface area contributed by atoms with Crippen molar-refractivity contribution in [3.63, 3.8) is 0 Å². The highest BCUT2D eigenvalue weighted by atomic mass is 19.4. The van der Waals surface area contributed by atoms with Gasteiger partial charge in [-0.15, -0.1) is 0 Å². The standard InChI is InChI=1S/C26H35F3N6/c1-16(2)23-21-14-19(18-7-11-34(12-8-18)10-4-9-26(27,28)29)5-6-22(21)32-24(23)20-13-17(3)25(33-30)35(31)15-20/h5-6,13-16,18,32H,4,7-12,30-31H2,1-3H3/b33-25-. The van der Waals surface area contributed by atoms with Gasteiger partial charge in [0.1, 0.15) is 0 Å². The van der Waals surface area contributed by atoms with Crippen LogP contribution in [0.15, 0.2) is 35.6 Å². The van der Waals surface area contributed by atoms with Gasteiger partial charge in [0.2, 0.25) is 0 Å². The molecule has 0 spiro atoms. The summed E-state index contributed by atoms with van der Waals surface area (Å²) in [7, 11) is 0. The number of nitrogen functional groups attached to an aromatic ring is 1. The Balaban J connectivity index is 1.58. The summed E-state index contributed by atoms with van der Waals surface area (Å²) in [6, 6.07) is 8.66. The zero-order chi connectivity index (χ0) is 25.3. The molecule has 1 aliphatic heterocycles. The lowest BCUT2D eigenvalue weighted by molar-refractivity contribution is -0.136. The number of likely N-dealkylation sites (tertiary alicyclic amines) is 1. The van der Waals surface area contributed by atoms with Crippen molar-refractivity contribution in [1.29, 1.82) is 0 Å². The molecule has 2 aromatic heterocycles. The summed E-state index contributed by atoms with van der Waals surface area (Å²) in [5.41, 5.74) is 7.05. The van der Waals surface area contributed by atoms with Gasteiger partial charge in [0, 0.05) is 29.1 Å². The molecule has 4 rings (SSSR count). The molecule has 3 aromatic rings. The first-order valence-electron chi connectivity index (χ1n) is 12.2. The number of fused-ring (bicyclic) bond motifs is 1. The Morgan fingerprint density at radius 1 is 1.17 bits per heavy atom. The molecular weight excluding hydrogens is 453 g/mol. The number of aromatic amines is 1. The summed E-state index contributed by atoms with van der Waals surface area (Å²) in [6.45, 7) is 8.50. The van der Waals surface area contributed by atoms with Gasteiger partial charge in [-0.3, -0.25) is 4.68 Å². The van der Waals surface area contributed by atoms with Crippen LogP contribution in [0.25, 0.3) is 22.2 Å². The van der Waals surface area contributed by atoms with E-state index in [-0.39, 0.29) is 12.3 Å². The van der Waals surface area contributed by atoms with Gasteiger partial charge < -0.3 is 21.6 Å². The van der Waals surface area contributed by atoms with E-state index >= 15 is 0 Å². The summed E-state index contributed by atoms with van der Waals surface area (Å²) < 4.78 is 38.8. The van der Waals surface area contributed by atoms with Crippen LogP contribution < -0.4 is 17.2 Å². The molecule has 1 aromatic carbocycles. The number of H-pyrrole nitrogens is 1. The van der Waals surface area contributed by atoms with Gasteiger partial charge in [0.15, 0.2) is 5.49 Å². The second-order valence-corrected chi connectivity index (χ2v) is 9.98. The number of alkyl halides is 3. The summed E-state index contributed by atoms with van der Waals surface area (Å²) in [6.07, 6.45) is -0.839. The molecule has 6 nitrogen and oxygen atoms in total. The van der Waals surface area contributed by atoms with Crippen molar-refractivity contribution >= 4 is 10.9 Å². The summed E-state index contributed by atoms with van der Waals surface area (Å²) in [5, 5.41) is 4.98. The smallest absolute Gasteiger partial charge is 0.354 e. The van der Waals surface area contributed by atoms with E-state index in [1.807, 2.05) is 19.2 Å². The zero-order valence-electron chi connectivity index (χ0n) is 20.6. The molecule has 0 unspecified atom stereocenters. The van der Waals surface area contributed by atoms with Crippen LogP contribution >= 0.6 is 0 Å². The maximum absolute atomic E-state index is 12.5. The number of aryl methyl sites for hydroxylation is 1. The Kier molecular flexibility index (Phi) is 7.17. The molecule has 0 amide bonds. The van der Waals surface area contributed by atoms with E-state index < -0.39 is 12.6 Å². The maximum Gasteiger partial charge on any atom is 0.389 e. The van der Waals surface area contributed by atoms with E-state index in [1.54, 1.807) is 0 Å². The van der Waals surface area contributed by atoms with Crippen LogP contribution in [0, 0.1) is 6.92 Å². The second kappa shape index (κ2) is 9.97. The van der Waals surface area contributed by atoms with Crippen LogP contribution in [0.2, 0.25) is 0 Å². The Morgan fingerprint density at radius 3 is 2.49 bits per heavy atom. The van der Waals surface area contributed by atoms with Gasteiger partial charge in [-0.25, -0.2) is 0 Å². The maximum atomic E-state index is 12.5. The van der Waals surface area contributed by atoms with Crippen LogP contribution in [-0.4, -0.2) is 40.4 Å². The third-order valence-electron chi connectivity index (χ3n) is 7.09. The summed E-state index contributed by atoms with van der Waals surface area (Å²) in [5.74, 6) is 12.3. The SMILES string of the molecule is Cc1cc(-c2[nH]c3ccc(C4CCN(CCCC(F)(F)F)CC4)cc3c2C(C)C)cn(N)/c1=N\N.